The summed E-state index contributed by atoms with van der Waals surface area (Å²) in [4.78, 5) is 25.2. The molecule has 0 spiro atoms. The second-order valence-electron chi connectivity index (χ2n) is 6.39. The lowest BCUT2D eigenvalue weighted by Gasteiger charge is -2.34. The molecule has 2 aromatic heterocycles. The molecule has 0 bridgehead atoms. The van der Waals surface area contributed by atoms with E-state index in [9.17, 15) is 9.18 Å². The van der Waals surface area contributed by atoms with Crippen molar-refractivity contribution in [2.75, 3.05) is 31.1 Å². The Bertz CT molecular complexity index is 933. The monoisotopic (exact) mass is 366 g/mol. The molecule has 27 heavy (non-hydrogen) atoms. The van der Waals surface area contributed by atoms with E-state index < -0.39 is 0 Å². The molecule has 0 saturated carbocycles. The molecule has 7 nitrogen and oxygen atoms in total. The second-order valence-corrected chi connectivity index (χ2v) is 6.39. The number of aryl methyl sites for hydroxylation is 1. The van der Waals surface area contributed by atoms with Crippen LogP contribution in [0.1, 0.15) is 16.2 Å². The van der Waals surface area contributed by atoms with Crippen LogP contribution in [0, 0.1) is 12.7 Å². The standard InChI is InChI=1S/C19H19FN6O/c1-14-13-17(23-26(14)16-5-3-15(20)4-6-16)18(27)24-9-11-25(12-10-24)19-21-7-2-8-22-19/h2-8,13H,9-12H2,1H3. The molecule has 1 aliphatic heterocycles. The van der Waals surface area contributed by atoms with E-state index in [1.807, 2.05) is 6.92 Å². The van der Waals surface area contributed by atoms with Gasteiger partial charge in [0.1, 0.15) is 5.82 Å². The molecule has 1 aliphatic rings. The SMILES string of the molecule is Cc1cc(C(=O)N2CCN(c3ncccn3)CC2)nn1-c1ccc(F)cc1. The van der Waals surface area contributed by atoms with Crippen molar-refractivity contribution < 1.29 is 9.18 Å². The molecule has 0 radical (unpaired) electrons. The van der Waals surface area contributed by atoms with Crippen molar-refractivity contribution in [3.63, 3.8) is 0 Å². The third-order valence-corrected chi connectivity index (χ3v) is 4.58. The third kappa shape index (κ3) is 3.51. The molecule has 4 rings (SSSR count). The van der Waals surface area contributed by atoms with Gasteiger partial charge in [-0.3, -0.25) is 4.79 Å². The van der Waals surface area contributed by atoms with Gasteiger partial charge in [-0.2, -0.15) is 5.10 Å². The minimum absolute atomic E-state index is 0.104. The van der Waals surface area contributed by atoms with Crippen LogP contribution in [0.15, 0.2) is 48.8 Å². The van der Waals surface area contributed by atoms with Gasteiger partial charge in [-0.1, -0.05) is 0 Å². The largest absolute Gasteiger partial charge is 0.337 e. The van der Waals surface area contributed by atoms with Gasteiger partial charge in [0.2, 0.25) is 5.95 Å². The van der Waals surface area contributed by atoms with Crippen molar-refractivity contribution in [2.45, 2.75) is 6.92 Å². The average molecular weight is 366 g/mol. The van der Waals surface area contributed by atoms with E-state index in [1.165, 1.54) is 12.1 Å². The maximum absolute atomic E-state index is 13.1. The highest BCUT2D eigenvalue weighted by Gasteiger charge is 2.25. The molecule has 0 unspecified atom stereocenters. The van der Waals surface area contributed by atoms with Crippen LogP contribution in [-0.2, 0) is 0 Å². The number of rotatable bonds is 3. The molecule has 3 aromatic rings. The zero-order valence-corrected chi connectivity index (χ0v) is 14.9. The van der Waals surface area contributed by atoms with Gasteiger partial charge in [-0.05, 0) is 43.3 Å². The minimum Gasteiger partial charge on any atom is -0.337 e. The predicted molar refractivity (Wildman–Crippen MR) is 98.4 cm³/mol. The number of carbonyl (C=O) groups is 1. The number of amides is 1. The van der Waals surface area contributed by atoms with E-state index in [1.54, 1.807) is 46.2 Å². The molecule has 8 heteroatoms. The summed E-state index contributed by atoms with van der Waals surface area (Å²) in [5, 5.41) is 4.43. The van der Waals surface area contributed by atoms with Gasteiger partial charge < -0.3 is 9.80 Å². The van der Waals surface area contributed by atoms with Gasteiger partial charge in [-0.15, -0.1) is 0 Å². The van der Waals surface area contributed by atoms with Crippen LogP contribution < -0.4 is 4.90 Å². The summed E-state index contributed by atoms with van der Waals surface area (Å²) < 4.78 is 14.8. The second kappa shape index (κ2) is 7.14. The highest BCUT2D eigenvalue weighted by molar-refractivity contribution is 5.92. The number of carbonyl (C=O) groups excluding carboxylic acids is 1. The highest BCUT2D eigenvalue weighted by atomic mass is 19.1. The number of anilines is 1. The molecule has 0 atom stereocenters. The highest BCUT2D eigenvalue weighted by Crippen LogP contribution is 2.16. The van der Waals surface area contributed by atoms with Gasteiger partial charge in [-0.25, -0.2) is 19.0 Å². The number of nitrogens with zero attached hydrogens (tertiary/aromatic N) is 6. The summed E-state index contributed by atoms with van der Waals surface area (Å²) in [6.45, 7) is 4.39. The van der Waals surface area contributed by atoms with Crippen molar-refractivity contribution in [1.82, 2.24) is 24.6 Å². The van der Waals surface area contributed by atoms with Crippen LogP contribution >= 0.6 is 0 Å². The van der Waals surface area contributed by atoms with Crippen LogP contribution in [0.3, 0.4) is 0 Å². The fraction of sp³-hybridized carbons (Fsp3) is 0.263. The molecule has 138 valence electrons. The number of hydrogen-bond donors (Lipinski definition) is 0. The van der Waals surface area contributed by atoms with Crippen molar-refractivity contribution >= 4 is 11.9 Å². The quantitative estimate of drug-likeness (QED) is 0.710. The third-order valence-electron chi connectivity index (χ3n) is 4.58. The van der Waals surface area contributed by atoms with Gasteiger partial charge in [0.15, 0.2) is 5.69 Å². The van der Waals surface area contributed by atoms with Gasteiger partial charge >= 0.3 is 0 Å². The fourth-order valence-electron chi connectivity index (χ4n) is 3.15. The van der Waals surface area contributed by atoms with Crippen molar-refractivity contribution in [1.29, 1.82) is 0 Å². The first kappa shape index (κ1) is 17.1. The number of aromatic nitrogens is 4. The van der Waals surface area contributed by atoms with Gasteiger partial charge in [0, 0.05) is 44.3 Å². The molecule has 1 aromatic carbocycles. The summed E-state index contributed by atoms with van der Waals surface area (Å²) in [6.07, 6.45) is 3.43. The molecule has 1 saturated heterocycles. The molecular formula is C19H19FN6O. The number of hydrogen-bond acceptors (Lipinski definition) is 5. The van der Waals surface area contributed by atoms with E-state index in [-0.39, 0.29) is 11.7 Å². The smallest absolute Gasteiger partial charge is 0.274 e. The normalized spacial score (nSPS) is 14.4. The lowest BCUT2D eigenvalue weighted by atomic mass is 10.2. The van der Waals surface area contributed by atoms with E-state index in [0.717, 1.165) is 11.4 Å². The van der Waals surface area contributed by atoms with Gasteiger partial charge in [0.25, 0.3) is 5.91 Å². The molecule has 3 heterocycles. The molecule has 1 amide bonds. The van der Waals surface area contributed by atoms with Crippen LogP contribution in [0.5, 0.6) is 0 Å². The topological polar surface area (TPSA) is 67.2 Å². The van der Waals surface area contributed by atoms with Crippen molar-refractivity contribution in [3.05, 3.63) is 66.0 Å². The van der Waals surface area contributed by atoms with Crippen molar-refractivity contribution in [3.8, 4) is 5.69 Å². The summed E-state index contributed by atoms with van der Waals surface area (Å²) in [5.41, 5.74) is 1.93. The summed E-state index contributed by atoms with van der Waals surface area (Å²) in [6, 6.07) is 9.58. The predicted octanol–water partition coefficient (Wildman–Crippen LogP) is 2.07. The fourth-order valence-corrected chi connectivity index (χ4v) is 3.15. The first-order valence-electron chi connectivity index (χ1n) is 8.76. The van der Waals surface area contributed by atoms with E-state index in [2.05, 4.69) is 20.0 Å². The Morgan fingerprint density at radius 2 is 1.70 bits per heavy atom. The molecule has 1 fully saturated rings. The maximum atomic E-state index is 13.1. The molecular weight excluding hydrogens is 347 g/mol. The molecule has 0 N–H and O–H groups in total. The average Bonchev–Trinajstić information content (AvgIpc) is 3.10. The maximum Gasteiger partial charge on any atom is 0.274 e. The summed E-state index contributed by atoms with van der Waals surface area (Å²) in [5.74, 6) is 0.272. The lowest BCUT2D eigenvalue weighted by Crippen LogP contribution is -2.49. The molecule has 0 aliphatic carbocycles. The van der Waals surface area contributed by atoms with Crippen LogP contribution in [0.25, 0.3) is 5.69 Å². The Labute approximate surface area is 156 Å². The minimum atomic E-state index is -0.305. The van der Waals surface area contributed by atoms with Crippen LogP contribution in [0.4, 0.5) is 10.3 Å². The first-order chi connectivity index (χ1) is 13.1. The Morgan fingerprint density at radius 1 is 1.04 bits per heavy atom. The summed E-state index contributed by atoms with van der Waals surface area (Å²) in [7, 11) is 0. The Balaban J connectivity index is 1.46. The zero-order valence-electron chi connectivity index (χ0n) is 14.9. The van der Waals surface area contributed by atoms with Crippen LogP contribution in [0.2, 0.25) is 0 Å². The van der Waals surface area contributed by atoms with Crippen molar-refractivity contribution in [2.24, 2.45) is 0 Å². The number of halogens is 1. The lowest BCUT2D eigenvalue weighted by molar-refractivity contribution is 0.0740. The summed E-state index contributed by atoms with van der Waals surface area (Å²) >= 11 is 0. The Morgan fingerprint density at radius 3 is 2.37 bits per heavy atom. The Kier molecular flexibility index (Phi) is 4.53. The van der Waals surface area contributed by atoms with Gasteiger partial charge in [0.05, 0.1) is 5.69 Å². The Hall–Kier alpha value is -3.29. The zero-order chi connectivity index (χ0) is 18.8. The number of benzene rings is 1. The van der Waals surface area contributed by atoms with Crippen LogP contribution in [-0.4, -0.2) is 56.7 Å². The van der Waals surface area contributed by atoms with E-state index in [4.69, 9.17) is 0 Å². The number of piperazine rings is 1. The first-order valence-corrected chi connectivity index (χ1v) is 8.76. The van der Waals surface area contributed by atoms with E-state index >= 15 is 0 Å². The van der Waals surface area contributed by atoms with E-state index in [0.29, 0.717) is 37.8 Å².